The van der Waals surface area contributed by atoms with Gasteiger partial charge in [0.1, 0.15) is 0 Å². The van der Waals surface area contributed by atoms with Crippen molar-refractivity contribution < 1.29 is 19.3 Å². The molecule has 0 bridgehead atoms. The van der Waals surface area contributed by atoms with Crippen molar-refractivity contribution in [2.45, 2.75) is 33.0 Å². The highest BCUT2D eigenvalue weighted by molar-refractivity contribution is 4.51. The topological polar surface area (TPSA) is 47.9 Å². The zero-order valence-electron chi connectivity index (χ0n) is 9.36. The fourth-order valence-corrected chi connectivity index (χ4v) is 0.853. The largest absolute Gasteiger partial charge is 0.394 e. The molecule has 2 atom stereocenters. The van der Waals surface area contributed by atoms with Gasteiger partial charge in [0, 0.05) is 6.61 Å². The SMILES string of the molecule is CCOCCOC(C)COC(C)CO. The number of rotatable bonds is 9. The van der Waals surface area contributed by atoms with Crippen molar-refractivity contribution in [3.8, 4) is 0 Å². The predicted octanol–water partition coefficient (Wildman–Crippen LogP) is 0.825. The Kier molecular flexibility index (Phi) is 9.29. The molecule has 0 aliphatic heterocycles. The van der Waals surface area contributed by atoms with Gasteiger partial charge in [-0.05, 0) is 20.8 Å². The van der Waals surface area contributed by atoms with E-state index in [1.807, 2.05) is 20.8 Å². The van der Waals surface area contributed by atoms with Gasteiger partial charge in [-0.1, -0.05) is 0 Å². The highest BCUT2D eigenvalue weighted by atomic mass is 16.6. The molecule has 1 N–H and O–H groups in total. The molecule has 0 spiro atoms. The van der Waals surface area contributed by atoms with Gasteiger partial charge in [-0.2, -0.15) is 0 Å². The van der Waals surface area contributed by atoms with E-state index < -0.39 is 0 Å². The zero-order valence-corrected chi connectivity index (χ0v) is 9.36. The van der Waals surface area contributed by atoms with Gasteiger partial charge in [0.15, 0.2) is 0 Å². The molecule has 0 radical (unpaired) electrons. The van der Waals surface area contributed by atoms with E-state index in [9.17, 15) is 0 Å². The molecule has 86 valence electrons. The van der Waals surface area contributed by atoms with Crippen LogP contribution in [0.2, 0.25) is 0 Å². The van der Waals surface area contributed by atoms with Crippen molar-refractivity contribution in [1.82, 2.24) is 0 Å². The molecule has 4 heteroatoms. The first-order valence-corrected chi connectivity index (χ1v) is 5.12. The number of aliphatic hydroxyl groups is 1. The Morgan fingerprint density at radius 2 is 1.79 bits per heavy atom. The van der Waals surface area contributed by atoms with Crippen LogP contribution in [0.15, 0.2) is 0 Å². The van der Waals surface area contributed by atoms with Crippen molar-refractivity contribution >= 4 is 0 Å². The fraction of sp³-hybridized carbons (Fsp3) is 1.00. The highest BCUT2D eigenvalue weighted by Crippen LogP contribution is 1.96. The first-order valence-electron chi connectivity index (χ1n) is 5.12. The summed E-state index contributed by atoms with van der Waals surface area (Å²) in [6, 6.07) is 0. The maximum absolute atomic E-state index is 8.71. The van der Waals surface area contributed by atoms with Gasteiger partial charge in [0.25, 0.3) is 0 Å². The lowest BCUT2D eigenvalue weighted by molar-refractivity contribution is -0.0564. The van der Waals surface area contributed by atoms with Gasteiger partial charge >= 0.3 is 0 Å². The second-order valence-electron chi connectivity index (χ2n) is 3.20. The summed E-state index contributed by atoms with van der Waals surface area (Å²) >= 11 is 0. The Bertz CT molecular complexity index is 119. The van der Waals surface area contributed by atoms with Crippen molar-refractivity contribution in [1.29, 1.82) is 0 Å². The first-order chi connectivity index (χ1) is 6.70. The Labute approximate surface area is 86.2 Å². The summed E-state index contributed by atoms with van der Waals surface area (Å²) in [5, 5.41) is 8.71. The summed E-state index contributed by atoms with van der Waals surface area (Å²) in [4.78, 5) is 0. The van der Waals surface area contributed by atoms with Crippen LogP contribution in [0.25, 0.3) is 0 Å². The zero-order chi connectivity index (χ0) is 10.8. The third kappa shape index (κ3) is 8.44. The summed E-state index contributed by atoms with van der Waals surface area (Å²) in [5.74, 6) is 0. The van der Waals surface area contributed by atoms with E-state index in [0.29, 0.717) is 19.8 Å². The average molecular weight is 206 g/mol. The van der Waals surface area contributed by atoms with E-state index in [-0.39, 0.29) is 18.8 Å². The van der Waals surface area contributed by atoms with Gasteiger partial charge in [-0.15, -0.1) is 0 Å². The Morgan fingerprint density at radius 3 is 2.36 bits per heavy atom. The van der Waals surface area contributed by atoms with E-state index in [4.69, 9.17) is 19.3 Å². The molecular formula is C10H22O4. The lowest BCUT2D eigenvalue weighted by Crippen LogP contribution is -2.23. The minimum atomic E-state index is -0.118. The normalized spacial score (nSPS) is 15.4. The molecule has 0 amide bonds. The standard InChI is InChI=1S/C10H22O4/c1-4-12-5-6-13-10(3)8-14-9(2)7-11/h9-11H,4-8H2,1-3H3. The van der Waals surface area contributed by atoms with E-state index in [2.05, 4.69) is 0 Å². The molecule has 0 aromatic carbocycles. The quantitative estimate of drug-likeness (QED) is 0.568. The van der Waals surface area contributed by atoms with Crippen LogP contribution in [-0.4, -0.2) is 50.3 Å². The van der Waals surface area contributed by atoms with Crippen LogP contribution in [-0.2, 0) is 14.2 Å². The van der Waals surface area contributed by atoms with E-state index in [1.165, 1.54) is 0 Å². The summed E-state index contributed by atoms with van der Waals surface area (Å²) in [7, 11) is 0. The molecule has 0 aliphatic carbocycles. The molecule has 2 unspecified atom stereocenters. The molecule has 0 aliphatic rings. The van der Waals surface area contributed by atoms with Gasteiger partial charge in [-0.25, -0.2) is 0 Å². The molecule has 0 saturated heterocycles. The molecule has 0 aromatic rings. The first kappa shape index (κ1) is 13.8. The second kappa shape index (κ2) is 9.40. The molecule has 0 saturated carbocycles. The highest BCUT2D eigenvalue weighted by Gasteiger charge is 2.05. The van der Waals surface area contributed by atoms with Gasteiger partial charge in [-0.3, -0.25) is 0 Å². The summed E-state index contributed by atoms with van der Waals surface area (Å²) in [5.41, 5.74) is 0. The average Bonchev–Trinajstić information content (AvgIpc) is 2.21. The summed E-state index contributed by atoms with van der Waals surface area (Å²) in [6.07, 6.45) is -0.0719. The summed E-state index contributed by atoms with van der Waals surface area (Å²) in [6.45, 7) is 8.20. The van der Waals surface area contributed by atoms with Crippen molar-refractivity contribution in [2.75, 3.05) is 33.0 Å². The molecule has 0 rings (SSSR count). The van der Waals surface area contributed by atoms with Crippen molar-refractivity contribution in [3.05, 3.63) is 0 Å². The minimum absolute atomic E-state index is 0.0458. The monoisotopic (exact) mass is 206 g/mol. The van der Waals surface area contributed by atoms with Crippen LogP contribution < -0.4 is 0 Å². The van der Waals surface area contributed by atoms with Gasteiger partial charge in [0.2, 0.25) is 0 Å². The lowest BCUT2D eigenvalue weighted by Gasteiger charge is -2.16. The smallest absolute Gasteiger partial charge is 0.0781 e. The van der Waals surface area contributed by atoms with Crippen molar-refractivity contribution in [3.63, 3.8) is 0 Å². The van der Waals surface area contributed by atoms with Crippen LogP contribution in [0.3, 0.4) is 0 Å². The van der Waals surface area contributed by atoms with E-state index in [0.717, 1.165) is 6.61 Å². The van der Waals surface area contributed by atoms with Crippen LogP contribution in [0.1, 0.15) is 20.8 Å². The maximum Gasteiger partial charge on any atom is 0.0781 e. The number of hydrogen-bond donors (Lipinski definition) is 1. The Hall–Kier alpha value is -0.160. The van der Waals surface area contributed by atoms with Crippen LogP contribution in [0.5, 0.6) is 0 Å². The lowest BCUT2D eigenvalue weighted by atomic mass is 10.4. The molecule has 14 heavy (non-hydrogen) atoms. The van der Waals surface area contributed by atoms with E-state index in [1.54, 1.807) is 0 Å². The number of hydrogen-bond acceptors (Lipinski definition) is 4. The van der Waals surface area contributed by atoms with Gasteiger partial charge < -0.3 is 19.3 Å². The third-order valence-corrected chi connectivity index (χ3v) is 1.71. The Morgan fingerprint density at radius 1 is 1.07 bits per heavy atom. The van der Waals surface area contributed by atoms with Crippen LogP contribution in [0.4, 0.5) is 0 Å². The van der Waals surface area contributed by atoms with E-state index >= 15 is 0 Å². The van der Waals surface area contributed by atoms with Crippen molar-refractivity contribution in [2.24, 2.45) is 0 Å². The minimum Gasteiger partial charge on any atom is -0.394 e. The fourth-order valence-electron chi connectivity index (χ4n) is 0.853. The number of aliphatic hydroxyl groups excluding tert-OH is 1. The number of ether oxygens (including phenoxy) is 3. The predicted molar refractivity (Wildman–Crippen MR) is 54.4 cm³/mol. The molecule has 4 nitrogen and oxygen atoms in total. The molecule has 0 fully saturated rings. The van der Waals surface area contributed by atoms with Crippen LogP contribution >= 0.6 is 0 Å². The van der Waals surface area contributed by atoms with Crippen LogP contribution in [0, 0.1) is 0 Å². The van der Waals surface area contributed by atoms with Gasteiger partial charge in [0.05, 0.1) is 38.6 Å². The molecule has 0 aromatic heterocycles. The Balaban J connectivity index is 3.23. The maximum atomic E-state index is 8.71. The second-order valence-corrected chi connectivity index (χ2v) is 3.20. The molecule has 0 heterocycles. The summed E-state index contributed by atoms with van der Waals surface area (Å²) < 4.78 is 15.8. The third-order valence-electron chi connectivity index (χ3n) is 1.71. The molecular weight excluding hydrogens is 184 g/mol.